The van der Waals surface area contributed by atoms with E-state index in [-0.39, 0.29) is 24.8 Å². The van der Waals surface area contributed by atoms with E-state index in [1.807, 2.05) is 38.1 Å². The van der Waals surface area contributed by atoms with Gasteiger partial charge in [-0.1, -0.05) is 0 Å². The molecule has 6 nitrogen and oxygen atoms in total. The number of anilines is 1. The van der Waals surface area contributed by atoms with Crippen LogP contribution in [0.4, 0.5) is 5.69 Å². The van der Waals surface area contributed by atoms with Crippen LogP contribution in [0, 0.1) is 0 Å². The first-order valence-electron chi connectivity index (χ1n) is 5.94. The largest absolute Gasteiger partial charge is 0.491 e. The predicted molar refractivity (Wildman–Crippen MR) is 68.9 cm³/mol. The summed E-state index contributed by atoms with van der Waals surface area (Å²) in [5.74, 6) is 0.778. The second-order valence-electron chi connectivity index (χ2n) is 4.33. The summed E-state index contributed by atoms with van der Waals surface area (Å²) in [6.07, 6.45) is -0.157. The second-order valence-corrected chi connectivity index (χ2v) is 4.33. The molecule has 98 valence electrons. The second kappa shape index (κ2) is 5.70. The maximum absolute atomic E-state index is 11.2. The van der Waals surface area contributed by atoms with Crippen molar-refractivity contribution in [3.05, 3.63) is 24.3 Å². The van der Waals surface area contributed by atoms with Gasteiger partial charge in [-0.05, 0) is 38.1 Å². The first-order chi connectivity index (χ1) is 8.63. The van der Waals surface area contributed by atoms with Gasteiger partial charge in [0.05, 0.1) is 12.6 Å². The Balaban J connectivity index is 1.91. The lowest BCUT2D eigenvalue weighted by Gasteiger charge is -2.27. The first-order valence-corrected chi connectivity index (χ1v) is 5.94. The number of carbonyl (C=O) groups is 1. The highest BCUT2D eigenvalue weighted by Gasteiger charge is 2.16. The molecule has 0 spiro atoms. The summed E-state index contributed by atoms with van der Waals surface area (Å²) >= 11 is 0. The van der Waals surface area contributed by atoms with Crippen LogP contribution in [-0.4, -0.2) is 24.8 Å². The first kappa shape index (κ1) is 12.7. The molecule has 1 aliphatic heterocycles. The Kier molecular flexibility index (Phi) is 4.01. The Morgan fingerprint density at radius 1 is 1.33 bits per heavy atom. The van der Waals surface area contributed by atoms with Crippen molar-refractivity contribution in [1.29, 1.82) is 0 Å². The van der Waals surface area contributed by atoms with Gasteiger partial charge in [0, 0.05) is 5.69 Å². The van der Waals surface area contributed by atoms with Gasteiger partial charge in [-0.3, -0.25) is 4.79 Å². The monoisotopic (exact) mass is 250 g/mol. The standard InChI is InChI=1S/C12H18N4O2/c1-8(2)18-10-5-3-9(4-6-10)14-12-15-11(17)7-13-16-12/h3-6,8,12-14,16H,7H2,1-2H3,(H,15,17). The molecule has 0 bridgehead atoms. The van der Waals surface area contributed by atoms with Crippen molar-refractivity contribution in [2.24, 2.45) is 0 Å². The van der Waals surface area contributed by atoms with Gasteiger partial charge in [-0.15, -0.1) is 0 Å². The van der Waals surface area contributed by atoms with E-state index in [1.54, 1.807) is 0 Å². The summed E-state index contributed by atoms with van der Waals surface area (Å²) in [7, 11) is 0. The van der Waals surface area contributed by atoms with Gasteiger partial charge in [0.15, 0.2) is 6.29 Å². The lowest BCUT2D eigenvalue weighted by Crippen LogP contribution is -2.63. The molecule has 1 aromatic rings. The van der Waals surface area contributed by atoms with Gasteiger partial charge in [-0.2, -0.15) is 0 Å². The van der Waals surface area contributed by atoms with E-state index in [4.69, 9.17) is 4.74 Å². The van der Waals surface area contributed by atoms with E-state index < -0.39 is 0 Å². The average Bonchev–Trinajstić information content (AvgIpc) is 2.31. The summed E-state index contributed by atoms with van der Waals surface area (Å²) < 4.78 is 5.55. The zero-order valence-corrected chi connectivity index (χ0v) is 10.5. The summed E-state index contributed by atoms with van der Waals surface area (Å²) in [4.78, 5) is 11.2. The zero-order valence-electron chi connectivity index (χ0n) is 10.5. The van der Waals surface area contributed by atoms with E-state index in [1.165, 1.54) is 0 Å². The van der Waals surface area contributed by atoms with Crippen molar-refractivity contribution in [2.45, 2.75) is 26.2 Å². The molecular weight excluding hydrogens is 232 g/mol. The summed E-state index contributed by atoms with van der Waals surface area (Å²) in [5.41, 5.74) is 6.61. The Hall–Kier alpha value is -1.79. The zero-order chi connectivity index (χ0) is 13.0. The minimum Gasteiger partial charge on any atom is -0.491 e. The molecule has 1 aliphatic rings. The Morgan fingerprint density at radius 2 is 2.06 bits per heavy atom. The highest BCUT2D eigenvalue weighted by atomic mass is 16.5. The average molecular weight is 250 g/mol. The minimum atomic E-state index is -0.317. The molecule has 1 unspecified atom stereocenters. The fraction of sp³-hybridized carbons (Fsp3) is 0.417. The number of benzene rings is 1. The number of carbonyl (C=O) groups excluding carboxylic acids is 1. The third kappa shape index (κ3) is 3.61. The van der Waals surface area contributed by atoms with E-state index in [0.29, 0.717) is 0 Å². The van der Waals surface area contributed by atoms with E-state index >= 15 is 0 Å². The summed E-state index contributed by atoms with van der Waals surface area (Å²) in [5, 5.41) is 5.89. The Labute approximate surface area is 106 Å². The van der Waals surface area contributed by atoms with Crippen molar-refractivity contribution < 1.29 is 9.53 Å². The van der Waals surface area contributed by atoms with Crippen LogP contribution in [0.1, 0.15) is 13.8 Å². The van der Waals surface area contributed by atoms with Gasteiger partial charge in [0.1, 0.15) is 5.75 Å². The van der Waals surface area contributed by atoms with Crippen LogP contribution in [-0.2, 0) is 4.79 Å². The molecule has 1 heterocycles. The number of hydrogen-bond acceptors (Lipinski definition) is 5. The number of rotatable bonds is 4. The van der Waals surface area contributed by atoms with Crippen molar-refractivity contribution >= 4 is 11.6 Å². The van der Waals surface area contributed by atoms with Gasteiger partial charge >= 0.3 is 0 Å². The van der Waals surface area contributed by atoms with Crippen LogP contribution in [0.25, 0.3) is 0 Å². The minimum absolute atomic E-state index is 0.0500. The molecule has 1 atom stereocenters. The smallest absolute Gasteiger partial charge is 0.237 e. The highest BCUT2D eigenvalue weighted by molar-refractivity contribution is 5.79. The van der Waals surface area contributed by atoms with Crippen LogP contribution >= 0.6 is 0 Å². The van der Waals surface area contributed by atoms with E-state index in [0.717, 1.165) is 11.4 Å². The molecule has 4 N–H and O–H groups in total. The number of hydrazine groups is 1. The van der Waals surface area contributed by atoms with Crippen LogP contribution < -0.4 is 26.2 Å². The molecule has 18 heavy (non-hydrogen) atoms. The molecule has 1 aromatic carbocycles. The van der Waals surface area contributed by atoms with E-state index in [9.17, 15) is 4.79 Å². The fourth-order valence-corrected chi connectivity index (χ4v) is 1.62. The van der Waals surface area contributed by atoms with Crippen molar-refractivity contribution in [1.82, 2.24) is 16.2 Å². The summed E-state index contributed by atoms with van der Waals surface area (Å²) in [6.45, 7) is 4.25. The van der Waals surface area contributed by atoms with Crippen LogP contribution in [0.15, 0.2) is 24.3 Å². The van der Waals surface area contributed by atoms with Crippen LogP contribution in [0.3, 0.4) is 0 Å². The number of hydrogen-bond donors (Lipinski definition) is 4. The Morgan fingerprint density at radius 3 is 2.67 bits per heavy atom. The molecule has 6 heteroatoms. The number of amides is 1. The third-order valence-electron chi connectivity index (χ3n) is 2.34. The highest BCUT2D eigenvalue weighted by Crippen LogP contribution is 2.17. The van der Waals surface area contributed by atoms with Crippen LogP contribution in [0.2, 0.25) is 0 Å². The normalized spacial score (nSPS) is 19.5. The quantitative estimate of drug-likeness (QED) is 0.622. The van der Waals surface area contributed by atoms with Crippen LogP contribution in [0.5, 0.6) is 5.75 Å². The number of nitrogens with one attached hydrogen (secondary N) is 4. The molecule has 0 radical (unpaired) electrons. The fourth-order valence-electron chi connectivity index (χ4n) is 1.62. The van der Waals surface area contributed by atoms with E-state index in [2.05, 4.69) is 21.5 Å². The third-order valence-corrected chi connectivity index (χ3v) is 2.34. The van der Waals surface area contributed by atoms with Gasteiger partial charge in [0.25, 0.3) is 0 Å². The molecule has 1 fully saturated rings. The lowest BCUT2D eigenvalue weighted by atomic mass is 10.3. The van der Waals surface area contributed by atoms with Crippen molar-refractivity contribution in [2.75, 3.05) is 11.9 Å². The molecule has 0 saturated carbocycles. The molecular formula is C12H18N4O2. The maximum Gasteiger partial charge on any atom is 0.237 e. The number of ether oxygens (including phenoxy) is 1. The maximum atomic E-state index is 11.2. The predicted octanol–water partition coefficient (Wildman–Crippen LogP) is 0.393. The molecule has 1 saturated heterocycles. The summed E-state index contributed by atoms with van der Waals surface area (Å²) in [6, 6.07) is 7.58. The SMILES string of the molecule is CC(C)Oc1ccc(NC2NNCC(=O)N2)cc1. The Bertz CT molecular complexity index is 405. The molecule has 0 aliphatic carbocycles. The molecule has 0 aromatic heterocycles. The van der Waals surface area contributed by atoms with Crippen molar-refractivity contribution in [3.8, 4) is 5.75 Å². The van der Waals surface area contributed by atoms with Gasteiger partial charge in [-0.25, -0.2) is 10.9 Å². The van der Waals surface area contributed by atoms with Gasteiger partial charge < -0.3 is 15.4 Å². The lowest BCUT2D eigenvalue weighted by molar-refractivity contribution is -0.122. The van der Waals surface area contributed by atoms with Crippen molar-refractivity contribution in [3.63, 3.8) is 0 Å². The molecule has 1 amide bonds. The molecule has 2 rings (SSSR count). The topological polar surface area (TPSA) is 74.4 Å². The van der Waals surface area contributed by atoms with Gasteiger partial charge in [0.2, 0.25) is 5.91 Å².